The topological polar surface area (TPSA) is 33.5 Å². The summed E-state index contributed by atoms with van der Waals surface area (Å²) in [6.45, 7) is 9.06. The van der Waals surface area contributed by atoms with Gasteiger partial charge in [0, 0.05) is 36.0 Å². The van der Waals surface area contributed by atoms with E-state index in [1.807, 2.05) is 37.4 Å². The van der Waals surface area contributed by atoms with E-state index in [-0.39, 0.29) is 11.3 Å². The Hall–Kier alpha value is -1.61. The Balaban J connectivity index is 2.14. The molecule has 3 nitrogen and oxygen atoms in total. The number of carbonyl (C=O) groups excluding carboxylic acids is 1. The van der Waals surface area contributed by atoms with Crippen molar-refractivity contribution in [1.29, 1.82) is 0 Å². The molecule has 2 aromatic heterocycles. The van der Waals surface area contributed by atoms with Crippen molar-refractivity contribution in [1.82, 2.24) is 9.72 Å². The van der Waals surface area contributed by atoms with Crippen LogP contribution in [0.2, 0.25) is 0 Å². The summed E-state index contributed by atoms with van der Waals surface area (Å²) in [4.78, 5) is 12.3. The Morgan fingerprint density at radius 1 is 1.32 bits per heavy atom. The van der Waals surface area contributed by atoms with E-state index < -0.39 is 0 Å². The molecule has 0 saturated carbocycles. The SMILES string of the molecule is Cc1cc(C(=O)CCNC(C)(C)C)c2ccccn12. The molecule has 0 aliphatic rings. The van der Waals surface area contributed by atoms with Crippen molar-refractivity contribution in [3.05, 3.63) is 41.7 Å². The van der Waals surface area contributed by atoms with Gasteiger partial charge in [0.05, 0.1) is 5.52 Å². The van der Waals surface area contributed by atoms with E-state index in [0.29, 0.717) is 13.0 Å². The lowest BCUT2D eigenvalue weighted by atomic mass is 10.1. The third kappa shape index (κ3) is 3.24. The number of nitrogens with zero attached hydrogens (tertiary/aromatic N) is 1. The van der Waals surface area contributed by atoms with Gasteiger partial charge >= 0.3 is 0 Å². The zero-order valence-corrected chi connectivity index (χ0v) is 12.2. The standard InChI is InChI=1S/C16H22N2O/c1-12-11-13(14-7-5-6-10-18(12)14)15(19)8-9-17-16(2,3)4/h5-7,10-11,17H,8-9H2,1-4H3. The molecule has 0 aliphatic carbocycles. The van der Waals surface area contributed by atoms with Crippen LogP contribution in [0.1, 0.15) is 43.2 Å². The van der Waals surface area contributed by atoms with Crippen LogP contribution in [0.3, 0.4) is 0 Å². The van der Waals surface area contributed by atoms with Crippen molar-refractivity contribution in [2.24, 2.45) is 0 Å². The number of carbonyl (C=O) groups is 1. The third-order valence-electron chi connectivity index (χ3n) is 3.18. The van der Waals surface area contributed by atoms with Gasteiger partial charge in [-0.3, -0.25) is 4.79 Å². The fourth-order valence-corrected chi connectivity index (χ4v) is 2.23. The molecular formula is C16H22N2O. The van der Waals surface area contributed by atoms with Crippen LogP contribution in [0.25, 0.3) is 5.52 Å². The minimum atomic E-state index is 0.0546. The molecule has 0 spiro atoms. The van der Waals surface area contributed by atoms with Gasteiger partial charge in [0.1, 0.15) is 0 Å². The Labute approximate surface area is 114 Å². The zero-order chi connectivity index (χ0) is 14.0. The van der Waals surface area contributed by atoms with Gasteiger partial charge in [0.15, 0.2) is 5.78 Å². The average molecular weight is 258 g/mol. The molecule has 2 heterocycles. The largest absolute Gasteiger partial charge is 0.320 e. The number of nitrogens with one attached hydrogen (secondary N) is 1. The molecule has 0 aliphatic heterocycles. The predicted octanol–water partition coefficient (Wildman–Crippen LogP) is 3.21. The fraction of sp³-hybridized carbons (Fsp3) is 0.438. The monoisotopic (exact) mass is 258 g/mol. The highest BCUT2D eigenvalue weighted by atomic mass is 16.1. The lowest BCUT2D eigenvalue weighted by molar-refractivity contribution is 0.0982. The number of aromatic nitrogens is 1. The Bertz CT molecular complexity index is 590. The summed E-state index contributed by atoms with van der Waals surface area (Å²) >= 11 is 0. The lowest BCUT2D eigenvalue weighted by Gasteiger charge is -2.19. The predicted molar refractivity (Wildman–Crippen MR) is 78.8 cm³/mol. The summed E-state index contributed by atoms with van der Waals surface area (Å²) < 4.78 is 2.06. The molecule has 2 rings (SSSR count). The maximum absolute atomic E-state index is 12.3. The molecule has 0 bridgehead atoms. The van der Waals surface area contributed by atoms with Gasteiger partial charge in [-0.05, 0) is 45.9 Å². The van der Waals surface area contributed by atoms with Crippen LogP contribution < -0.4 is 5.32 Å². The second-order valence-electron chi connectivity index (χ2n) is 6.01. The number of hydrogen-bond acceptors (Lipinski definition) is 2. The number of ketones is 1. The first kappa shape index (κ1) is 13.8. The second kappa shape index (κ2) is 5.17. The smallest absolute Gasteiger partial charge is 0.166 e. The zero-order valence-electron chi connectivity index (χ0n) is 12.2. The molecule has 2 aromatic rings. The van der Waals surface area contributed by atoms with Crippen LogP contribution in [0.4, 0.5) is 0 Å². The van der Waals surface area contributed by atoms with E-state index in [1.165, 1.54) is 0 Å². The van der Waals surface area contributed by atoms with Crippen LogP contribution in [0.15, 0.2) is 30.5 Å². The van der Waals surface area contributed by atoms with Crippen molar-refractivity contribution in [3.63, 3.8) is 0 Å². The third-order valence-corrected chi connectivity index (χ3v) is 3.18. The van der Waals surface area contributed by atoms with Gasteiger partial charge in [0.2, 0.25) is 0 Å². The van der Waals surface area contributed by atoms with Gasteiger partial charge in [-0.1, -0.05) is 6.07 Å². The van der Waals surface area contributed by atoms with Crippen LogP contribution in [-0.2, 0) is 0 Å². The van der Waals surface area contributed by atoms with Crippen LogP contribution >= 0.6 is 0 Å². The number of rotatable bonds is 4. The van der Waals surface area contributed by atoms with Crippen molar-refractivity contribution in [2.45, 2.75) is 39.7 Å². The molecule has 0 aromatic carbocycles. The van der Waals surface area contributed by atoms with Crippen molar-refractivity contribution >= 4 is 11.3 Å². The average Bonchev–Trinajstić information content (AvgIpc) is 2.66. The number of aryl methyl sites for hydroxylation is 1. The van der Waals surface area contributed by atoms with Gasteiger partial charge < -0.3 is 9.72 Å². The van der Waals surface area contributed by atoms with E-state index in [4.69, 9.17) is 0 Å². The van der Waals surface area contributed by atoms with Crippen molar-refractivity contribution in [2.75, 3.05) is 6.54 Å². The molecule has 1 N–H and O–H groups in total. The molecule has 0 unspecified atom stereocenters. The maximum atomic E-state index is 12.3. The van der Waals surface area contributed by atoms with Crippen molar-refractivity contribution in [3.8, 4) is 0 Å². The van der Waals surface area contributed by atoms with E-state index in [0.717, 1.165) is 16.8 Å². The minimum Gasteiger partial charge on any atom is -0.320 e. The van der Waals surface area contributed by atoms with Gasteiger partial charge in [-0.25, -0.2) is 0 Å². The van der Waals surface area contributed by atoms with E-state index in [2.05, 4.69) is 30.5 Å². The van der Waals surface area contributed by atoms with Gasteiger partial charge in [0.25, 0.3) is 0 Å². The van der Waals surface area contributed by atoms with E-state index in [9.17, 15) is 4.79 Å². The summed E-state index contributed by atoms with van der Waals surface area (Å²) in [5.41, 5.74) is 2.98. The molecule has 3 heteroatoms. The van der Waals surface area contributed by atoms with E-state index in [1.54, 1.807) is 0 Å². The molecule has 0 saturated heterocycles. The number of fused-ring (bicyclic) bond motifs is 1. The quantitative estimate of drug-likeness (QED) is 0.854. The number of pyridine rings is 1. The van der Waals surface area contributed by atoms with Crippen LogP contribution in [-0.4, -0.2) is 22.3 Å². The summed E-state index contributed by atoms with van der Waals surface area (Å²) in [7, 11) is 0. The molecule has 102 valence electrons. The fourth-order valence-electron chi connectivity index (χ4n) is 2.23. The first-order chi connectivity index (χ1) is 8.88. The molecule has 19 heavy (non-hydrogen) atoms. The Morgan fingerprint density at radius 3 is 2.74 bits per heavy atom. The number of hydrogen-bond donors (Lipinski definition) is 1. The highest BCUT2D eigenvalue weighted by Gasteiger charge is 2.14. The Morgan fingerprint density at radius 2 is 2.05 bits per heavy atom. The summed E-state index contributed by atoms with van der Waals surface area (Å²) in [5.74, 6) is 0.202. The first-order valence-electron chi connectivity index (χ1n) is 6.73. The summed E-state index contributed by atoms with van der Waals surface area (Å²) in [5, 5.41) is 3.35. The highest BCUT2D eigenvalue weighted by molar-refractivity contribution is 6.03. The Kier molecular flexibility index (Phi) is 3.76. The van der Waals surface area contributed by atoms with Crippen molar-refractivity contribution < 1.29 is 4.79 Å². The summed E-state index contributed by atoms with van der Waals surface area (Å²) in [6, 6.07) is 7.93. The summed E-state index contributed by atoms with van der Waals surface area (Å²) in [6.07, 6.45) is 2.53. The molecule has 0 radical (unpaired) electrons. The molecule has 0 fully saturated rings. The van der Waals surface area contributed by atoms with Gasteiger partial charge in [-0.2, -0.15) is 0 Å². The van der Waals surface area contributed by atoms with Gasteiger partial charge in [-0.15, -0.1) is 0 Å². The number of Topliss-reactive ketones (excluding diaryl/α,β-unsaturated/α-hetero) is 1. The minimum absolute atomic E-state index is 0.0546. The van der Waals surface area contributed by atoms with Crippen LogP contribution in [0.5, 0.6) is 0 Å². The first-order valence-corrected chi connectivity index (χ1v) is 6.73. The van der Waals surface area contributed by atoms with E-state index >= 15 is 0 Å². The molecule has 0 atom stereocenters. The normalized spacial score (nSPS) is 12.0. The van der Waals surface area contributed by atoms with Crippen LogP contribution in [0, 0.1) is 6.92 Å². The highest BCUT2D eigenvalue weighted by Crippen LogP contribution is 2.18. The maximum Gasteiger partial charge on any atom is 0.166 e. The lowest BCUT2D eigenvalue weighted by Crippen LogP contribution is -2.37. The molecule has 0 amide bonds. The molecular weight excluding hydrogens is 236 g/mol. The second-order valence-corrected chi connectivity index (χ2v) is 6.01.